The second-order valence-electron chi connectivity index (χ2n) is 4.75. The van der Waals surface area contributed by atoms with Gasteiger partial charge >= 0.3 is 12.0 Å². The normalized spacial score (nSPS) is 10.4. The SMILES string of the molecule is COC(=O)c1cc(-c2sc(NC(=O)n3ccnc3)nc2C)ccn1. The van der Waals surface area contributed by atoms with Gasteiger partial charge in [-0.3, -0.25) is 9.88 Å². The van der Waals surface area contributed by atoms with E-state index in [2.05, 4.69) is 25.0 Å². The number of methoxy groups -OCH3 is 1. The fraction of sp³-hybridized carbons (Fsp3) is 0.133. The average molecular weight is 343 g/mol. The van der Waals surface area contributed by atoms with Crippen molar-refractivity contribution in [3.05, 3.63) is 48.4 Å². The molecule has 3 aromatic rings. The Bertz CT molecular complexity index is 888. The van der Waals surface area contributed by atoms with Gasteiger partial charge in [0.15, 0.2) is 5.13 Å². The highest BCUT2D eigenvalue weighted by atomic mass is 32.1. The maximum absolute atomic E-state index is 12.0. The van der Waals surface area contributed by atoms with Gasteiger partial charge in [-0.05, 0) is 24.6 Å². The molecule has 8 nitrogen and oxygen atoms in total. The molecule has 3 heterocycles. The maximum atomic E-state index is 12.0. The van der Waals surface area contributed by atoms with Gasteiger partial charge in [-0.15, -0.1) is 0 Å². The number of nitrogens with zero attached hydrogens (tertiary/aromatic N) is 4. The fourth-order valence-electron chi connectivity index (χ4n) is 2.04. The lowest BCUT2D eigenvalue weighted by Gasteiger charge is -2.02. The van der Waals surface area contributed by atoms with Crippen molar-refractivity contribution in [2.45, 2.75) is 6.92 Å². The summed E-state index contributed by atoms with van der Waals surface area (Å²) in [6.45, 7) is 1.83. The molecule has 3 rings (SSSR count). The highest BCUT2D eigenvalue weighted by Gasteiger charge is 2.15. The third-order valence-electron chi connectivity index (χ3n) is 3.17. The summed E-state index contributed by atoms with van der Waals surface area (Å²) < 4.78 is 5.99. The number of hydrogen-bond acceptors (Lipinski definition) is 7. The van der Waals surface area contributed by atoms with Crippen LogP contribution in [0, 0.1) is 6.92 Å². The van der Waals surface area contributed by atoms with Crippen molar-refractivity contribution < 1.29 is 14.3 Å². The number of anilines is 1. The van der Waals surface area contributed by atoms with E-state index in [4.69, 9.17) is 0 Å². The van der Waals surface area contributed by atoms with Crippen LogP contribution in [0.2, 0.25) is 0 Å². The van der Waals surface area contributed by atoms with Gasteiger partial charge in [0, 0.05) is 18.6 Å². The van der Waals surface area contributed by atoms with Gasteiger partial charge in [0.2, 0.25) is 0 Å². The van der Waals surface area contributed by atoms with Crippen molar-refractivity contribution >= 4 is 28.5 Å². The van der Waals surface area contributed by atoms with E-state index in [0.717, 1.165) is 16.1 Å². The molecule has 0 saturated heterocycles. The first-order chi connectivity index (χ1) is 11.6. The van der Waals surface area contributed by atoms with Crippen LogP contribution in [-0.4, -0.2) is 38.6 Å². The fourth-order valence-corrected chi connectivity index (χ4v) is 2.99. The molecule has 1 amide bonds. The molecule has 0 spiro atoms. The van der Waals surface area contributed by atoms with E-state index in [1.54, 1.807) is 18.3 Å². The zero-order valence-electron chi connectivity index (χ0n) is 12.9. The lowest BCUT2D eigenvalue weighted by atomic mass is 10.2. The number of amides is 1. The number of esters is 1. The van der Waals surface area contributed by atoms with Gasteiger partial charge in [0.25, 0.3) is 0 Å². The molecule has 0 unspecified atom stereocenters. The van der Waals surface area contributed by atoms with Gasteiger partial charge in [-0.2, -0.15) is 0 Å². The maximum Gasteiger partial charge on any atom is 0.356 e. The number of carbonyl (C=O) groups is 2. The third kappa shape index (κ3) is 3.15. The summed E-state index contributed by atoms with van der Waals surface area (Å²) in [7, 11) is 1.30. The summed E-state index contributed by atoms with van der Waals surface area (Å²) in [4.78, 5) is 36.6. The molecule has 1 N–H and O–H groups in total. The molecule has 0 aromatic carbocycles. The highest BCUT2D eigenvalue weighted by Crippen LogP contribution is 2.32. The van der Waals surface area contributed by atoms with E-state index in [1.807, 2.05) is 6.92 Å². The minimum Gasteiger partial charge on any atom is -0.464 e. The van der Waals surface area contributed by atoms with E-state index in [1.165, 1.54) is 41.7 Å². The summed E-state index contributed by atoms with van der Waals surface area (Å²) in [5.74, 6) is -0.507. The van der Waals surface area contributed by atoms with Gasteiger partial charge in [0.1, 0.15) is 12.0 Å². The quantitative estimate of drug-likeness (QED) is 0.734. The minimum absolute atomic E-state index is 0.215. The highest BCUT2D eigenvalue weighted by molar-refractivity contribution is 7.19. The van der Waals surface area contributed by atoms with Crippen LogP contribution in [0.3, 0.4) is 0 Å². The van der Waals surface area contributed by atoms with E-state index < -0.39 is 5.97 Å². The molecular weight excluding hydrogens is 330 g/mol. The number of aryl methyl sites for hydroxylation is 1. The number of imidazole rings is 1. The van der Waals surface area contributed by atoms with Crippen LogP contribution in [-0.2, 0) is 4.74 Å². The number of ether oxygens (including phenoxy) is 1. The number of nitrogens with one attached hydrogen (secondary N) is 1. The molecule has 0 aliphatic rings. The predicted octanol–water partition coefficient (Wildman–Crippen LogP) is 2.58. The van der Waals surface area contributed by atoms with E-state index in [0.29, 0.717) is 5.13 Å². The molecule has 9 heteroatoms. The van der Waals surface area contributed by atoms with Crippen LogP contribution in [0.5, 0.6) is 0 Å². The lowest BCUT2D eigenvalue weighted by Crippen LogP contribution is -2.17. The third-order valence-corrected chi connectivity index (χ3v) is 4.29. The van der Waals surface area contributed by atoms with Crippen LogP contribution < -0.4 is 5.32 Å². The smallest absolute Gasteiger partial charge is 0.356 e. The Morgan fingerprint density at radius 2 is 2.17 bits per heavy atom. The van der Waals surface area contributed by atoms with Crippen molar-refractivity contribution in [2.75, 3.05) is 12.4 Å². The number of rotatable bonds is 3. The molecule has 0 radical (unpaired) electrons. The number of hydrogen-bond donors (Lipinski definition) is 1. The zero-order chi connectivity index (χ0) is 17.1. The summed E-state index contributed by atoms with van der Waals surface area (Å²) in [5.41, 5.74) is 1.73. The molecule has 122 valence electrons. The molecule has 0 aliphatic heterocycles. The van der Waals surface area contributed by atoms with Crippen LogP contribution in [0.1, 0.15) is 16.2 Å². The molecular formula is C15H13N5O3S. The first-order valence-corrected chi connectivity index (χ1v) is 7.71. The average Bonchev–Trinajstić information content (AvgIpc) is 3.24. The molecule has 24 heavy (non-hydrogen) atoms. The van der Waals surface area contributed by atoms with Crippen molar-refractivity contribution in [2.24, 2.45) is 0 Å². The molecule has 3 aromatic heterocycles. The number of carbonyl (C=O) groups excluding carboxylic acids is 2. The minimum atomic E-state index is -0.507. The Kier molecular flexibility index (Phi) is 4.34. The number of thiazole rings is 1. The van der Waals surface area contributed by atoms with Crippen molar-refractivity contribution in [3.8, 4) is 10.4 Å². The summed E-state index contributed by atoms with van der Waals surface area (Å²) in [5, 5.41) is 3.16. The molecule has 0 atom stereocenters. The number of pyridine rings is 1. The van der Waals surface area contributed by atoms with Crippen LogP contribution in [0.4, 0.5) is 9.93 Å². The number of aromatic nitrogens is 4. The summed E-state index contributed by atoms with van der Waals surface area (Å²) in [6.07, 6.45) is 6.00. The Balaban J connectivity index is 1.87. The Hall–Kier alpha value is -3.07. The van der Waals surface area contributed by atoms with E-state index in [9.17, 15) is 9.59 Å². The van der Waals surface area contributed by atoms with Crippen LogP contribution >= 0.6 is 11.3 Å². The monoisotopic (exact) mass is 343 g/mol. The van der Waals surface area contributed by atoms with Crippen molar-refractivity contribution in [1.29, 1.82) is 0 Å². The standard InChI is InChI=1S/C15H13N5O3S/c1-9-12(10-3-4-17-11(7-10)13(21)23-2)24-14(18-9)19-15(22)20-6-5-16-8-20/h3-8H,1-2H3,(H,18,19,22). The Morgan fingerprint density at radius 1 is 1.33 bits per heavy atom. The van der Waals surface area contributed by atoms with Crippen LogP contribution in [0.25, 0.3) is 10.4 Å². The lowest BCUT2D eigenvalue weighted by molar-refractivity contribution is 0.0594. The van der Waals surface area contributed by atoms with Gasteiger partial charge < -0.3 is 4.74 Å². The van der Waals surface area contributed by atoms with Gasteiger partial charge in [-0.1, -0.05) is 11.3 Å². The van der Waals surface area contributed by atoms with Crippen molar-refractivity contribution in [3.63, 3.8) is 0 Å². The molecule has 0 aliphatic carbocycles. The van der Waals surface area contributed by atoms with Crippen molar-refractivity contribution in [1.82, 2.24) is 19.5 Å². The summed E-state index contributed by atoms with van der Waals surface area (Å²) >= 11 is 1.31. The van der Waals surface area contributed by atoms with E-state index >= 15 is 0 Å². The van der Waals surface area contributed by atoms with Gasteiger partial charge in [0.05, 0.1) is 17.7 Å². The first-order valence-electron chi connectivity index (χ1n) is 6.90. The molecule has 0 bridgehead atoms. The van der Waals surface area contributed by atoms with E-state index in [-0.39, 0.29) is 11.7 Å². The second-order valence-corrected chi connectivity index (χ2v) is 5.75. The second kappa shape index (κ2) is 6.59. The Labute approximate surface area is 141 Å². The molecule has 0 fully saturated rings. The van der Waals surface area contributed by atoms with Crippen LogP contribution in [0.15, 0.2) is 37.1 Å². The Morgan fingerprint density at radius 3 is 2.88 bits per heavy atom. The topological polar surface area (TPSA) is 99.0 Å². The predicted molar refractivity (Wildman–Crippen MR) is 88.1 cm³/mol. The largest absolute Gasteiger partial charge is 0.464 e. The first kappa shape index (κ1) is 15.8. The molecule has 0 saturated carbocycles. The van der Waals surface area contributed by atoms with Gasteiger partial charge in [-0.25, -0.2) is 24.5 Å². The zero-order valence-corrected chi connectivity index (χ0v) is 13.7. The summed E-state index contributed by atoms with van der Waals surface area (Å²) in [6, 6.07) is 3.06.